The standard InChI is InChI=1S/C12H14N4O/c1-8-13-11-6-5-10(7-16(11)15-8)14-12(17)9-3-2-4-9/h5-7,9H,2-4H2,1H3,(H,14,17). The number of rotatable bonds is 2. The zero-order valence-corrected chi connectivity index (χ0v) is 9.68. The molecule has 1 saturated carbocycles. The van der Waals surface area contributed by atoms with Gasteiger partial charge < -0.3 is 5.32 Å². The maximum atomic E-state index is 11.8. The number of carbonyl (C=O) groups excluding carboxylic acids is 1. The first kappa shape index (κ1) is 10.3. The Morgan fingerprint density at radius 1 is 1.47 bits per heavy atom. The Morgan fingerprint density at radius 2 is 2.29 bits per heavy atom. The number of nitrogens with zero attached hydrogens (tertiary/aromatic N) is 3. The van der Waals surface area contributed by atoms with E-state index in [4.69, 9.17) is 0 Å². The first-order valence-electron chi connectivity index (χ1n) is 5.86. The van der Waals surface area contributed by atoms with E-state index in [1.165, 1.54) is 6.42 Å². The summed E-state index contributed by atoms with van der Waals surface area (Å²) in [5, 5.41) is 7.13. The van der Waals surface area contributed by atoms with Crippen molar-refractivity contribution < 1.29 is 4.79 Å². The molecular weight excluding hydrogens is 216 g/mol. The van der Waals surface area contributed by atoms with Gasteiger partial charge in [0.15, 0.2) is 5.65 Å². The summed E-state index contributed by atoms with van der Waals surface area (Å²) in [5.74, 6) is 1.04. The third kappa shape index (κ3) is 1.88. The van der Waals surface area contributed by atoms with E-state index in [0.29, 0.717) is 0 Å². The molecular formula is C12H14N4O. The molecule has 1 aliphatic rings. The minimum Gasteiger partial charge on any atom is -0.324 e. The molecule has 1 fully saturated rings. The molecule has 88 valence electrons. The van der Waals surface area contributed by atoms with Gasteiger partial charge in [0.05, 0.1) is 11.9 Å². The van der Waals surface area contributed by atoms with Gasteiger partial charge in [0.1, 0.15) is 5.82 Å². The lowest BCUT2D eigenvalue weighted by atomic mass is 9.85. The van der Waals surface area contributed by atoms with Gasteiger partial charge in [-0.2, -0.15) is 5.10 Å². The van der Waals surface area contributed by atoms with Gasteiger partial charge in [-0.1, -0.05) is 6.42 Å². The Kier molecular flexibility index (Phi) is 2.31. The molecule has 0 atom stereocenters. The zero-order valence-electron chi connectivity index (χ0n) is 9.68. The van der Waals surface area contributed by atoms with Crippen molar-refractivity contribution in [3.8, 4) is 0 Å². The van der Waals surface area contributed by atoms with E-state index < -0.39 is 0 Å². The topological polar surface area (TPSA) is 59.3 Å². The van der Waals surface area contributed by atoms with Crippen LogP contribution in [0.3, 0.4) is 0 Å². The Labute approximate surface area is 98.9 Å². The highest BCUT2D eigenvalue weighted by molar-refractivity contribution is 5.92. The van der Waals surface area contributed by atoms with Crippen LogP contribution < -0.4 is 5.32 Å². The molecule has 0 saturated heterocycles. The van der Waals surface area contributed by atoms with Crippen LogP contribution in [0.25, 0.3) is 5.65 Å². The Hall–Kier alpha value is -1.91. The van der Waals surface area contributed by atoms with Crippen LogP contribution in [-0.2, 0) is 4.79 Å². The van der Waals surface area contributed by atoms with E-state index in [2.05, 4.69) is 15.4 Å². The summed E-state index contributed by atoms with van der Waals surface area (Å²) in [7, 11) is 0. The average molecular weight is 230 g/mol. The largest absolute Gasteiger partial charge is 0.324 e. The Bertz CT molecular complexity index is 571. The molecule has 2 aromatic heterocycles. The molecule has 1 aliphatic carbocycles. The second-order valence-corrected chi connectivity index (χ2v) is 4.50. The molecule has 5 nitrogen and oxygen atoms in total. The van der Waals surface area contributed by atoms with Gasteiger partial charge in [-0.3, -0.25) is 4.79 Å². The lowest BCUT2D eigenvalue weighted by Gasteiger charge is -2.23. The van der Waals surface area contributed by atoms with Crippen LogP contribution in [0.1, 0.15) is 25.1 Å². The van der Waals surface area contributed by atoms with Crippen molar-refractivity contribution in [1.29, 1.82) is 0 Å². The quantitative estimate of drug-likeness (QED) is 0.855. The third-order valence-electron chi connectivity index (χ3n) is 3.18. The number of aryl methyl sites for hydroxylation is 1. The molecule has 0 radical (unpaired) electrons. The van der Waals surface area contributed by atoms with Crippen molar-refractivity contribution in [1.82, 2.24) is 14.6 Å². The zero-order chi connectivity index (χ0) is 11.8. The highest BCUT2D eigenvalue weighted by Gasteiger charge is 2.25. The molecule has 0 aromatic carbocycles. The maximum absolute atomic E-state index is 11.8. The number of anilines is 1. The summed E-state index contributed by atoms with van der Waals surface area (Å²) in [5.41, 5.74) is 1.57. The number of hydrogen-bond acceptors (Lipinski definition) is 3. The Morgan fingerprint density at radius 3 is 3.00 bits per heavy atom. The third-order valence-corrected chi connectivity index (χ3v) is 3.18. The lowest BCUT2D eigenvalue weighted by Crippen LogP contribution is -2.28. The van der Waals surface area contributed by atoms with E-state index >= 15 is 0 Å². The smallest absolute Gasteiger partial charge is 0.227 e. The van der Waals surface area contributed by atoms with Gasteiger partial charge in [-0.05, 0) is 31.9 Å². The van der Waals surface area contributed by atoms with Crippen molar-refractivity contribution in [3.05, 3.63) is 24.2 Å². The second kappa shape index (κ2) is 3.84. The fourth-order valence-electron chi connectivity index (χ4n) is 1.98. The number of carbonyl (C=O) groups is 1. The summed E-state index contributed by atoms with van der Waals surface area (Å²) in [6, 6.07) is 3.72. The molecule has 0 aliphatic heterocycles. The van der Waals surface area contributed by atoms with Gasteiger partial charge >= 0.3 is 0 Å². The van der Waals surface area contributed by atoms with Gasteiger partial charge in [0.25, 0.3) is 0 Å². The second-order valence-electron chi connectivity index (χ2n) is 4.50. The fourth-order valence-corrected chi connectivity index (χ4v) is 1.98. The van der Waals surface area contributed by atoms with Crippen LogP contribution >= 0.6 is 0 Å². The highest BCUT2D eigenvalue weighted by Crippen LogP contribution is 2.27. The number of fused-ring (bicyclic) bond motifs is 1. The predicted octanol–water partition coefficient (Wildman–Crippen LogP) is 1.78. The summed E-state index contributed by atoms with van der Waals surface area (Å²) >= 11 is 0. The van der Waals surface area contributed by atoms with Crippen LogP contribution in [0.5, 0.6) is 0 Å². The first-order valence-corrected chi connectivity index (χ1v) is 5.86. The van der Waals surface area contributed by atoms with E-state index in [1.54, 1.807) is 10.7 Å². The average Bonchev–Trinajstić information content (AvgIpc) is 2.54. The molecule has 17 heavy (non-hydrogen) atoms. The van der Waals surface area contributed by atoms with E-state index in [0.717, 1.165) is 30.0 Å². The van der Waals surface area contributed by atoms with Crippen LogP contribution in [0.15, 0.2) is 18.3 Å². The van der Waals surface area contributed by atoms with E-state index in [1.807, 2.05) is 19.1 Å². The number of amides is 1. The molecule has 3 rings (SSSR count). The molecule has 1 N–H and O–H groups in total. The van der Waals surface area contributed by atoms with Gasteiger partial charge in [-0.25, -0.2) is 9.50 Å². The molecule has 1 amide bonds. The molecule has 2 aromatic rings. The minimum absolute atomic E-state index is 0.118. The molecule has 0 spiro atoms. The first-order chi connectivity index (χ1) is 8.22. The summed E-state index contributed by atoms with van der Waals surface area (Å²) < 4.78 is 1.69. The van der Waals surface area contributed by atoms with Crippen LogP contribution in [-0.4, -0.2) is 20.5 Å². The van der Waals surface area contributed by atoms with E-state index in [9.17, 15) is 4.79 Å². The molecule has 5 heteroatoms. The molecule has 2 heterocycles. The van der Waals surface area contributed by atoms with E-state index in [-0.39, 0.29) is 11.8 Å². The predicted molar refractivity (Wildman–Crippen MR) is 63.7 cm³/mol. The number of hydrogen-bond donors (Lipinski definition) is 1. The summed E-state index contributed by atoms with van der Waals surface area (Å²) in [6.07, 6.45) is 4.98. The monoisotopic (exact) mass is 230 g/mol. The van der Waals surface area contributed by atoms with Crippen LogP contribution in [0.2, 0.25) is 0 Å². The molecule has 0 bridgehead atoms. The lowest BCUT2D eigenvalue weighted by molar-refractivity contribution is -0.122. The maximum Gasteiger partial charge on any atom is 0.227 e. The molecule has 0 unspecified atom stereocenters. The van der Waals surface area contributed by atoms with Gasteiger partial charge in [0.2, 0.25) is 5.91 Å². The van der Waals surface area contributed by atoms with Crippen LogP contribution in [0.4, 0.5) is 5.69 Å². The van der Waals surface area contributed by atoms with Crippen molar-refractivity contribution in [2.24, 2.45) is 5.92 Å². The van der Waals surface area contributed by atoms with Crippen molar-refractivity contribution >= 4 is 17.2 Å². The normalized spacial score (nSPS) is 15.8. The van der Waals surface area contributed by atoms with Crippen molar-refractivity contribution in [2.75, 3.05) is 5.32 Å². The Balaban J connectivity index is 1.82. The van der Waals surface area contributed by atoms with Gasteiger partial charge in [-0.15, -0.1) is 0 Å². The number of aromatic nitrogens is 3. The van der Waals surface area contributed by atoms with Gasteiger partial charge in [0, 0.05) is 5.92 Å². The fraction of sp³-hybridized carbons (Fsp3) is 0.417. The van der Waals surface area contributed by atoms with Crippen LogP contribution in [0, 0.1) is 12.8 Å². The van der Waals surface area contributed by atoms with Crippen molar-refractivity contribution in [2.45, 2.75) is 26.2 Å². The SMILES string of the molecule is Cc1nc2ccc(NC(=O)C3CCC3)cn2n1. The summed E-state index contributed by atoms with van der Waals surface area (Å²) in [6.45, 7) is 1.85. The minimum atomic E-state index is 0.118. The van der Waals surface area contributed by atoms with Crippen molar-refractivity contribution in [3.63, 3.8) is 0 Å². The number of nitrogens with one attached hydrogen (secondary N) is 1. The highest BCUT2D eigenvalue weighted by atomic mass is 16.1. The number of pyridine rings is 1. The summed E-state index contributed by atoms with van der Waals surface area (Å²) in [4.78, 5) is 16.0.